The molecule has 0 unspecified atom stereocenters. The summed E-state index contributed by atoms with van der Waals surface area (Å²) in [7, 11) is 9.98. The van der Waals surface area contributed by atoms with E-state index in [1.54, 1.807) is 77.9 Å². The van der Waals surface area contributed by atoms with Crippen molar-refractivity contribution >= 4 is 89.2 Å². The number of nitrogens with one attached hydrogen (secondary N) is 4. The summed E-state index contributed by atoms with van der Waals surface area (Å²) >= 11 is 1.34. The molecule has 7 N–H and O–H groups in total. The standard InChI is InChI=1S/C85H140N12O17S/c1-24-64-79(106)94(21)69(49-115-42-30-29-41-98)82(109)90(17)66(44-52(4)5)76(103)89-70(55(10)11)83(110)91(18)65(43-51(2)3)75(102)86-58(15)74(101)87-59(16)78(105)92(19)67(45-53(6)7)80(107)93(20)68(46-54(8)9)81(108)95(22)71(56(12)13)84(111)96(23)72(77(104)88-64)73(100)57(14)31-27-25-26-28-40-97(47-60-32-36-62(37-33-60)85(112)113)48-61-34-38-63(39-35-61)114-50-99/h32-39,50-59,64-73,98,100H,24-31,40-49H2,1-23H3,(H,86,102)(H,87,101)(H,88,104)(H,89,103)(H,112,113)/t57-,58+,59-,64+,65+,66+,67+,68+,69-,70+,71+,72+,73-/m1/s1. The molecule has 29 nitrogen and oxygen atoms in total. The molecule has 1 aliphatic heterocycles. The molecule has 1 aliphatic rings. The first kappa shape index (κ1) is 101. The minimum atomic E-state index is -1.72. The third kappa shape index (κ3) is 30.7. The van der Waals surface area contributed by atoms with Gasteiger partial charge in [-0.15, -0.1) is 0 Å². The molecule has 13 atom stereocenters. The Bertz CT molecular complexity index is 3490. The number of rotatable bonds is 33. The number of amides is 11. The number of carboxylic acid groups (broad SMARTS) is 1. The monoisotopic (exact) mass is 1630 g/mol. The number of nitrogens with zero attached hydrogens (tertiary/aromatic N) is 8. The number of ether oxygens (including phenoxy) is 1. The Morgan fingerprint density at radius 3 is 1.42 bits per heavy atom. The second-order valence-corrected chi connectivity index (χ2v) is 34.9. The first-order valence-corrected chi connectivity index (χ1v) is 42.2. The van der Waals surface area contributed by atoms with Crippen molar-refractivity contribution in [2.75, 3.05) is 74.0 Å². The van der Waals surface area contributed by atoms with Gasteiger partial charge in [0.1, 0.15) is 72.2 Å². The molecular weight excluding hydrogens is 1490 g/mol. The van der Waals surface area contributed by atoms with Crippen LogP contribution in [-0.2, 0) is 70.6 Å². The smallest absolute Gasteiger partial charge is 0.335 e. The van der Waals surface area contributed by atoms with Crippen LogP contribution >= 0.6 is 11.8 Å². The third-order valence-electron chi connectivity index (χ3n) is 21.6. The Labute approximate surface area is 688 Å². The van der Waals surface area contributed by atoms with E-state index in [0.29, 0.717) is 69.7 Å². The van der Waals surface area contributed by atoms with Crippen molar-refractivity contribution in [2.24, 2.45) is 41.4 Å². The summed E-state index contributed by atoms with van der Waals surface area (Å²) < 4.78 is 5.01. The van der Waals surface area contributed by atoms with Gasteiger partial charge in [-0.05, 0) is 161 Å². The number of carbonyl (C=O) groups excluding carboxylic acids is 12. The number of aliphatic hydroxyl groups is 2. The Hall–Kier alpha value is -8.22. The first-order valence-electron chi connectivity index (χ1n) is 41.1. The molecule has 0 saturated carbocycles. The highest BCUT2D eigenvalue weighted by Gasteiger charge is 2.47. The quantitative estimate of drug-likeness (QED) is 0.0277. The summed E-state index contributed by atoms with van der Waals surface area (Å²) in [5.41, 5.74) is 2.01. The molecule has 1 fully saturated rings. The van der Waals surface area contributed by atoms with E-state index in [0.717, 1.165) is 28.9 Å². The number of likely N-dealkylation sites (N-methyl/N-ethyl adjacent to an activating group) is 7. The minimum Gasteiger partial charge on any atom is -0.478 e. The summed E-state index contributed by atoms with van der Waals surface area (Å²) in [6.07, 6.45) is 2.91. The highest BCUT2D eigenvalue weighted by atomic mass is 32.2. The molecule has 648 valence electrons. The molecule has 0 bridgehead atoms. The third-order valence-corrected chi connectivity index (χ3v) is 22.7. The maximum absolute atomic E-state index is 15.8. The topological polar surface area (TPSA) is 366 Å². The van der Waals surface area contributed by atoms with Crippen LogP contribution in [0.2, 0.25) is 0 Å². The second-order valence-electron chi connectivity index (χ2n) is 33.8. The van der Waals surface area contributed by atoms with Crippen molar-refractivity contribution in [3.05, 3.63) is 65.2 Å². The number of benzene rings is 2. The average Bonchev–Trinajstić information content (AvgIpc) is 0.812. The van der Waals surface area contributed by atoms with Crippen LogP contribution in [0, 0.1) is 41.4 Å². The lowest BCUT2D eigenvalue weighted by atomic mass is 9.90. The van der Waals surface area contributed by atoms with Crippen molar-refractivity contribution in [3.63, 3.8) is 0 Å². The van der Waals surface area contributed by atoms with Crippen LogP contribution in [0.25, 0.3) is 0 Å². The molecule has 1 saturated heterocycles. The van der Waals surface area contributed by atoms with Gasteiger partial charge in [0.05, 0.1) is 11.7 Å². The predicted molar refractivity (Wildman–Crippen MR) is 445 cm³/mol. The first-order chi connectivity index (χ1) is 53.9. The van der Waals surface area contributed by atoms with Crippen LogP contribution in [0.3, 0.4) is 0 Å². The maximum Gasteiger partial charge on any atom is 0.335 e. The highest BCUT2D eigenvalue weighted by molar-refractivity contribution is 7.99. The summed E-state index contributed by atoms with van der Waals surface area (Å²) in [5.74, 6) is -10.6. The van der Waals surface area contributed by atoms with Crippen molar-refractivity contribution in [1.29, 1.82) is 0 Å². The lowest BCUT2D eigenvalue weighted by molar-refractivity contribution is -0.157. The Balaban J connectivity index is 2.33. The molecule has 11 amide bonds. The molecule has 2 aromatic carbocycles. The van der Waals surface area contributed by atoms with Gasteiger partial charge in [-0.1, -0.05) is 140 Å². The van der Waals surface area contributed by atoms with E-state index in [2.05, 4.69) is 26.2 Å². The van der Waals surface area contributed by atoms with Gasteiger partial charge in [0.15, 0.2) is 0 Å². The fourth-order valence-corrected chi connectivity index (χ4v) is 15.7. The van der Waals surface area contributed by atoms with Crippen molar-refractivity contribution in [2.45, 2.75) is 273 Å². The Morgan fingerprint density at radius 1 is 0.487 bits per heavy atom. The van der Waals surface area contributed by atoms with E-state index in [1.165, 1.54) is 104 Å². The van der Waals surface area contributed by atoms with Crippen molar-refractivity contribution < 1.29 is 82.4 Å². The van der Waals surface area contributed by atoms with Gasteiger partial charge >= 0.3 is 5.97 Å². The molecule has 0 spiro atoms. The maximum atomic E-state index is 15.8. The molecule has 30 heteroatoms. The summed E-state index contributed by atoms with van der Waals surface area (Å²) in [6.45, 7) is 30.0. The van der Waals surface area contributed by atoms with Crippen molar-refractivity contribution in [3.8, 4) is 5.75 Å². The van der Waals surface area contributed by atoms with E-state index in [4.69, 9.17) is 4.74 Å². The molecule has 2 aromatic rings. The molecule has 115 heavy (non-hydrogen) atoms. The zero-order valence-corrected chi connectivity index (χ0v) is 73.8. The van der Waals surface area contributed by atoms with Gasteiger partial charge in [0, 0.05) is 74.8 Å². The number of unbranched alkanes of at least 4 members (excludes halogenated alkanes) is 4. The number of aliphatic hydroxyl groups excluding tert-OH is 2. The molecule has 3 rings (SSSR count). The number of hydrogen-bond acceptors (Lipinski definition) is 18. The molecule has 0 radical (unpaired) electrons. The minimum absolute atomic E-state index is 0.00000981. The Kier molecular flexibility index (Phi) is 43.1. The molecule has 1 heterocycles. The summed E-state index contributed by atoms with van der Waals surface area (Å²) in [6, 6.07) is -0.519. The number of thioether (sulfide) groups is 1. The number of hydrogen-bond donors (Lipinski definition) is 7. The van der Waals surface area contributed by atoms with Gasteiger partial charge in [-0.25, -0.2) is 4.79 Å². The fourth-order valence-electron chi connectivity index (χ4n) is 14.5. The van der Waals surface area contributed by atoms with E-state index in [9.17, 15) is 44.1 Å². The lowest BCUT2D eigenvalue weighted by Gasteiger charge is -2.41. The average molecular weight is 1630 g/mol. The van der Waals surface area contributed by atoms with Crippen LogP contribution < -0.4 is 26.0 Å². The highest BCUT2D eigenvalue weighted by Crippen LogP contribution is 2.28. The predicted octanol–water partition coefficient (Wildman–Crippen LogP) is 7.06. The zero-order chi connectivity index (χ0) is 87.2. The van der Waals surface area contributed by atoms with Crippen LogP contribution in [0.15, 0.2) is 48.5 Å². The van der Waals surface area contributed by atoms with E-state index in [-0.39, 0.29) is 73.7 Å². The number of aromatic carboxylic acids is 1. The number of carboxylic acids is 1. The summed E-state index contributed by atoms with van der Waals surface area (Å²) in [4.78, 5) is 200. The van der Waals surface area contributed by atoms with Crippen LogP contribution in [0.1, 0.15) is 209 Å². The van der Waals surface area contributed by atoms with E-state index < -0.39 is 161 Å². The summed E-state index contributed by atoms with van der Waals surface area (Å²) in [5, 5.41) is 43.3. The SMILES string of the molecule is CC[C@@H]1NC(=O)[C@H]([C@H](O)[C@H](C)CCCCCCN(Cc2ccc(OC=O)cc2)Cc2ccc(C(=O)O)cc2)N(C)C(=O)[C@H](C(C)C)N(C)C(=O)[C@H](CC(C)C)N(C)C(=O)[C@H](CC(C)C)N(C)C(=O)[C@@H](C)NC(=O)[C@H](C)NC(=O)[C@H](CC(C)C)N(C)C(=O)[C@H](C(C)C)NC(=O)[C@H](CC(C)C)N(C)C(=O)[C@@H](CSCCCCO)N(C)C1=O. The van der Waals surface area contributed by atoms with Crippen molar-refractivity contribution in [1.82, 2.24) is 60.5 Å². The normalized spacial score (nSPS) is 23.5. The van der Waals surface area contributed by atoms with Crippen LogP contribution in [-0.4, -0.2) is 278 Å². The van der Waals surface area contributed by atoms with Gasteiger partial charge in [-0.2, -0.15) is 11.8 Å². The second kappa shape index (κ2) is 49.1. The largest absolute Gasteiger partial charge is 0.478 e. The molecular formula is C85H140N12O17S. The fraction of sp³-hybridized carbons (Fsp3) is 0.706. The van der Waals surface area contributed by atoms with E-state index in [1.807, 2.05) is 67.5 Å². The van der Waals surface area contributed by atoms with Gasteiger partial charge < -0.3 is 75.6 Å². The molecule has 0 aliphatic carbocycles. The number of carbonyl (C=O) groups is 13. The van der Waals surface area contributed by atoms with Crippen LogP contribution in [0.5, 0.6) is 5.75 Å². The van der Waals surface area contributed by atoms with Gasteiger partial charge in [0.2, 0.25) is 65.0 Å². The van der Waals surface area contributed by atoms with Crippen LogP contribution in [0.4, 0.5) is 0 Å². The molecule has 0 aromatic heterocycles. The Morgan fingerprint density at radius 2 is 0.930 bits per heavy atom. The van der Waals surface area contributed by atoms with E-state index >= 15 is 33.6 Å². The lowest BCUT2D eigenvalue weighted by Crippen LogP contribution is -2.64. The zero-order valence-electron chi connectivity index (χ0n) is 72.9. The van der Waals surface area contributed by atoms with Gasteiger partial charge in [-0.3, -0.25) is 62.4 Å². The van der Waals surface area contributed by atoms with Gasteiger partial charge in [0.25, 0.3) is 6.47 Å².